The molecule has 1 aromatic rings. The van der Waals surface area contributed by atoms with Gasteiger partial charge in [0.05, 0.1) is 13.2 Å². The number of aromatic nitrogens is 1. The number of esters is 1. The molecular formula is C13H20N2O3. The SMILES string of the molecule is CCOC(=O)COCCN[C@H](C)c1ccncc1. The smallest absolute Gasteiger partial charge is 0.332 e. The molecule has 0 unspecified atom stereocenters. The van der Waals surface area contributed by atoms with E-state index in [2.05, 4.69) is 17.2 Å². The summed E-state index contributed by atoms with van der Waals surface area (Å²) in [5.74, 6) is -0.320. The van der Waals surface area contributed by atoms with Crippen molar-refractivity contribution in [3.05, 3.63) is 30.1 Å². The van der Waals surface area contributed by atoms with Gasteiger partial charge in [-0.3, -0.25) is 4.98 Å². The van der Waals surface area contributed by atoms with Gasteiger partial charge < -0.3 is 14.8 Å². The van der Waals surface area contributed by atoms with Gasteiger partial charge in [-0.25, -0.2) is 4.79 Å². The van der Waals surface area contributed by atoms with Gasteiger partial charge in [0.25, 0.3) is 0 Å². The fraction of sp³-hybridized carbons (Fsp3) is 0.538. The number of hydrogen-bond donors (Lipinski definition) is 1. The Labute approximate surface area is 108 Å². The molecule has 0 bridgehead atoms. The van der Waals surface area contributed by atoms with Crippen LogP contribution < -0.4 is 5.32 Å². The van der Waals surface area contributed by atoms with Crippen LogP contribution in [-0.4, -0.2) is 37.3 Å². The third-order valence-corrected chi connectivity index (χ3v) is 2.43. The van der Waals surface area contributed by atoms with Gasteiger partial charge in [-0.2, -0.15) is 0 Å². The Morgan fingerprint density at radius 3 is 2.83 bits per heavy atom. The summed E-state index contributed by atoms with van der Waals surface area (Å²) in [5.41, 5.74) is 1.18. The second-order valence-corrected chi connectivity index (χ2v) is 3.81. The Morgan fingerprint density at radius 2 is 2.17 bits per heavy atom. The van der Waals surface area contributed by atoms with Crippen molar-refractivity contribution in [2.75, 3.05) is 26.4 Å². The van der Waals surface area contributed by atoms with Crippen LogP contribution in [0.25, 0.3) is 0 Å². The third-order valence-electron chi connectivity index (χ3n) is 2.43. The lowest BCUT2D eigenvalue weighted by molar-refractivity contribution is -0.148. The van der Waals surface area contributed by atoms with E-state index in [4.69, 9.17) is 9.47 Å². The first kappa shape index (κ1) is 14.6. The molecule has 1 N–H and O–H groups in total. The molecule has 0 aromatic carbocycles. The molecule has 100 valence electrons. The minimum atomic E-state index is -0.320. The molecule has 1 rings (SSSR count). The lowest BCUT2D eigenvalue weighted by atomic mass is 10.1. The van der Waals surface area contributed by atoms with Gasteiger partial charge >= 0.3 is 5.97 Å². The average Bonchev–Trinajstić information content (AvgIpc) is 2.39. The Kier molecular flexibility index (Phi) is 6.98. The molecule has 0 saturated carbocycles. The van der Waals surface area contributed by atoms with Crippen molar-refractivity contribution in [3.63, 3.8) is 0 Å². The Morgan fingerprint density at radius 1 is 1.44 bits per heavy atom. The van der Waals surface area contributed by atoms with Crippen molar-refractivity contribution in [1.82, 2.24) is 10.3 Å². The van der Waals surface area contributed by atoms with Crippen LogP contribution in [0.3, 0.4) is 0 Å². The molecular weight excluding hydrogens is 232 g/mol. The minimum absolute atomic E-state index is 0.0131. The number of nitrogens with one attached hydrogen (secondary N) is 1. The molecule has 5 nitrogen and oxygen atoms in total. The lowest BCUT2D eigenvalue weighted by Gasteiger charge is -2.13. The average molecular weight is 252 g/mol. The molecule has 0 aliphatic rings. The number of carbonyl (C=O) groups is 1. The van der Waals surface area contributed by atoms with Crippen molar-refractivity contribution in [2.24, 2.45) is 0 Å². The molecule has 0 radical (unpaired) electrons. The van der Waals surface area contributed by atoms with Gasteiger partial charge in [0.2, 0.25) is 0 Å². The summed E-state index contributed by atoms with van der Waals surface area (Å²) >= 11 is 0. The topological polar surface area (TPSA) is 60.5 Å². The molecule has 0 aliphatic carbocycles. The zero-order valence-electron chi connectivity index (χ0n) is 10.9. The summed E-state index contributed by atoms with van der Waals surface area (Å²) in [5, 5.41) is 3.30. The van der Waals surface area contributed by atoms with Crippen LogP contribution in [-0.2, 0) is 14.3 Å². The number of carbonyl (C=O) groups excluding carboxylic acids is 1. The van der Waals surface area contributed by atoms with Crippen LogP contribution in [0.2, 0.25) is 0 Å². The number of hydrogen-bond acceptors (Lipinski definition) is 5. The Hall–Kier alpha value is -1.46. The van der Waals surface area contributed by atoms with E-state index in [0.717, 1.165) is 0 Å². The van der Waals surface area contributed by atoms with Crippen LogP contribution in [0.5, 0.6) is 0 Å². The molecule has 18 heavy (non-hydrogen) atoms. The van der Waals surface area contributed by atoms with E-state index in [9.17, 15) is 4.79 Å². The first-order valence-electron chi connectivity index (χ1n) is 6.10. The van der Waals surface area contributed by atoms with Gasteiger partial charge in [0.1, 0.15) is 6.61 Å². The van der Waals surface area contributed by atoms with E-state index in [-0.39, 0.29) is 18.6 Å². The predicted molar refractivity (Wildman–Crippen MR) is 68.1 cm³/mol. The zero-order valence-corrected chi connectivity index (χ0v) is 10.9. The molecule has 0 fully saturated rings. The summed E-state index contributed by atoms with van der Waals surface area (Å²) in [7, 11) is 0. The summed E-state index contributed by atoms with van der Waals surface area (Å²) in [6.07, 6.45) is 3.54. The number of ether oxygens (including phenoxy) is 2. The second kappa shape index (κ2) is 8.60. The summed E-state index contributed by atoms with van der Waals surface area (Å²) in [6, 6.07) is 4.17. The normalized spacial score (nSPS) is 12.1. The highest BCUT2D eigenvalue weighted by Gasteiger charge is 2.04. The maximum atomic E-state index is 11.0. The van der Waals surface area contributed by atoms with E-state index < -0.39 is 0 Å². The zero-order chi connectivity index (χ0) is 13.2. The largest absolute Gasteiger partial charge is 0.464 e. The van der Waals surface area contributed by atoms with Crippen LogP contribution in [0.15, 0.2) is 24.5 Å². The van der Waals surface area contributed by atoms with Crippen LogP contribution >= 0.6 is 0 Å². The van der Waals surface area contributed by atoms with Gasteiger partial charge in [-0.1, -0.05) is 0 Å². The van der Waals surface area contributed by atoms with Crippen molar-refractivity contribution in [3.8, 4) is 0 Å². The highest BCUT2D eigenvalue weighted by atomic mass is 16.6. The molecule has 0 spiro atoms. The number of nitrogens with zero attached hydrogens (tertiary/aromatic N) is 1. The molecule has 5 heteroatoms. The van der Waals surface area contributed by atoms with E-state index in [1.165, 1.54) is 5.56 Å². The molecule has 1 atom stereocenters. The van der Waals surface area contributed by atoms with E-state index in [1.807, 2.05) is 12.1 Å². The van der Waals surface area contributed by atoms with Crippen LogP contribution in [0, 0.1) is 0 Å². The van der Waals surface area contributed by atoms with Crippen molar-refractivity contribution >= 4 is 5.97 Å². The first-order chi connectivity index (χ1) is 8.74. The molecule has 0 amide bonds. The summed E-state index contributed by atoms with van der Waals surface area (Å²) < 4.78 is 9.93. The maximum absolute atomic E-state index is 11.0. The number of rotatable bonds is 8. The van der Waals surface area contributed by atoms with Gasteiger partial charge in [0.15, 0.2) is 0 Å². The Balaban J connectivity index is 2.09. The van der Waals surface area contributed by atoms with Gasteiger partial charge in [-0.15, -0.1) is 0 Å². The predicted octanol–water partition coefficient (Wildman–Crippen LogP) is 1.31. The molecule has 0 aliphatic heterocycles. The van der Waals surface area contributed by atoms with Crippen LogP contribution in [0.4, 0.5) is 0 Å². The second-order valence-electron chi connectivity index (χ2n) is 3.81. The van der Waals surface area contributed by atoms with E-state index >= 15 is 0 Å². The summed E-state index contributed by atoms with van der Waals surface area (Å²) in [4.78, 5) is 15.0. The van der Waals surface area contributed by atoms with Crippen molar-refractivity contribution < 1.29 is 14.3 Å². The van der Waals surface area contributed by atoms with Crippen molar-refractivity contribution in [2.45, 2.75) is 19.9 Å². The highest BCUT2D eigenvalue weighted by Crippen LogP contribution is 2.09. The maximum Gasteiger partial charge on any atom is 0.332 e. The quantitative estimate of drug-likeness (QED) is 0.558. The van der Waals surface area contributed by atoms with E-state index in [0.29, 0.717) is 19.8 Å². The third kappa shape index (κ3) is 5.75. The lowest BCUT2D eigenvalue weighted by Crippen LogP contribution is -2.24. The Bertz CT molecular complexity index is 343. The molecule has 0 saturated heterocycles. The summed E-state index contributed by atoms with van der Waals surface area (Å²) in [6.45, 7) is 5.41. The molecule has 1 aromatic heterocycles. The standard InChI is InChI=1S/C13H20N2O3/c1-3-18-13(16)10-17-9-8-15-11(2)12-4-6-14-7-5-12/h4-7,11,15H,3,8-10H2,1-2H3/t11-/m1/s1. The molecule has 1 heterocycles. The highest BCUT2D eigenvalue weighted by molar-refractivity contribution is 5.70. The van der Waals surface area contributed by atoms with E-state index in [1.54, 1.807) is 19.3 Å². The monoisotopic (exact) mass is 252 g/mol. The first-order valence-corrected chi connectivity index (χ1v) is 6.10. The fourth-order valence-corrected chi connectivity index (χ4v) is 1.48. The number of pyridine rings is 1. The van der Waals surface area contributed by atoms with Crippen LogP contribution in [0.1, 0.15) is 25.5 Å². The van der Waals surface area contributed by atoms with Gasteiger partial charge in [0, 0.05) is 25.0 Å². The fourth-order valence-electron chi connectivity index (χ4n) is 1.48. The van der Waals surface area contributed by atoms with Gasteiger partial charge in [-0.05, 0) is 31.5 Å². The minimum Gasteiger partial charge on any atom is -0.464 e. The van der Waals surface area contributed by atoms with Crippen molar-refractivity contribution in [1.29, 1.82) is 0 Å².